The molecule has 0 unspecified atom stereocenters. The molecule has 0 spiro atoms. The summed E-state index contributed by atoms with van der Waals surface area (Å²) >= 11 is 1.56. The summed E-state index contributed by atoms with van der Waals surface area (Å²) in [6.07, 6.45) is 0.0436. The van der Waals surface area contributed by atoms with Crippen molar-refractivity contribution in [1.82, 2.24) is 0 Å². The highest BCUT2D eigenvalue weighted by Gasteiger charge is 2.15. The lowest BCUT2D eigenvalue weighted by atomic mass is 10.1. The Morgan fingerprint density at radius 2 is 1.79 bits per heavy atom. The van der Waals surface area contributed by atoms with E-state index in [9.17, 15) is 14.4 Å². The van der Waals surface area contributed by atoms with Gasteiger partial charge in [-0.1, -0.05) is 18.2 Å². The predicted molar refractivity (Wildman–Crippen MR) is 93.4 cm³/mol. The van der Waals surface area contributed by atoms with Gasteiger partial charge in [-0.3, -0.25) is 14.4 Å². The summed E-state index contributed by atoms with van der Waals surface area (Å²) in [6, 6.07) is 10.7. The summed E-state index contributed by atoms with van der Waals surface area (Å²) in [5.41, 5.74) is 1.30. The summed E-state index contributed by atoms with van der Waals surface area (Å²) in [5.74, 6) is -1.05. The topological polar surface area (TPSA) is 72.5 Å². The summed E-state index contributed by atoms with van der Waals surface area (Å²) in [7, 11) is 0. The number of nitrogens with one attached hydrogen (secondary N) is 1. The molecule has 5 nitrogen and oxygen atoms in total. The van der Waals surface area contributed by atoms with Gasteiger partial charge in [-0.25, -0.2) is 0 Å². The summed E-state index contributed by atoms with van der Waals surface area (Å²) in [6.45, 7) is 3.46. The number of amides is 1. The standard InChI is InChI=1S/C18H19NO4S/c1-12-10-15(13(2)24-12)16(20)8-9-18(22)23-11-17(21)19-14-6-4-3-5-7-14/h3-7,10H,8-9,11H2,1-2H3,(H,19,21). The zero-order valence-corrected chi connectivity index (χ0v) is 14.4. The van der Waals surface area contributed by atoms with Gasteiger partial charge in [0.1, 0.15) is 0 Å². The van der Waals surface area contributed by atoms with Crippen LogP contribution in [0.5, 0.6) is 0 Å². The SMILES string of the molecule is Cc1cc(C(=O)CCC(=O)OCC(=O)Nc2ccccc2)c(C)s1. The number of esters is 1. The van der Waals surface area contributed by atoms with Gasteiger partial charge in [0.05, 0.1) is 6.42 Å². The molecule has 6 heteroatoms. The Balaban J connectivity index is 1.72. The zero-order valence-electron chi connectivity index (χ0n) is 13.6. The number of hydrogen-bond donors (Lipinski definition) is 1. The van der Waals surface area contributed by atoms with Crippen molar-refractivity contribution < 1.29 is 19.1 Å². The number of benzene rings is 1. The predicted octanol–water partition coefficient (Wildman–Crippen LogP) is 3.51. The lowest BCUT2D eigenvalue weighted by molar-refractivity contribution is -0.147. The van der Waals surface area contributed by atoms with Gasteiger partial charge in [0.25, 0.3) is 5.91 Å². The van der Waals surface area contributed by atoms with E-state index in [0.717, 1.165) is 9.75 Å². The maximum atomic E-state index is 12.1. The number of carbonyl (C=O) groups is 3. The Morgan fingerprint density at radius 3 is 2.42 bits per heavy atom. The van der Waals surface area contributed by atoms with Crippen LogP contribution in [0.15, 0.2) is 36.4 Å². The van der Waals surface area contributed by atoms with Gasteiger partial charge in [-0.05, 0) is 32.0 Å². The Bertz CT molecular complexity index is 737. The highest BCUT2D eigenvalue weighted by molar-refractivity contribution is 7.12. The number of rotatable bonds is 7. The second-order valence-corrected chi connectivity index (χ2v) is 6.79. The molecule has 1 heterocycles. The molecule has 0 saturated carbocycles. The molecule has 2 rings (SSSR count). The Labute approximate surface area is 144 Å². The molecule has 2 aromatic rings. The van der Waals surface area contributed by atoms with Crippen molar-refractivity contribution in [2.24, 2.45) is 0 Å². The molecule has 0 saturated heterocycles. The second-order valence-electron chi connectivity index (χ2n) is 5.32. The minimum absolute atomic E-state index is 0.0359. The highest BCUT2D eigenvalue weighted by atomic mass is 32.1. The van der Waals surface area contributed by atoms with Crippen molar-refractivity contribution in [2.45, 2.75) is 26.7 Å². The van der Waals surface area contributed by atoms with Crippen LogP contribution < -0.4 is 5.32 Å². The van der Waals surface area contributed by atoms with E-state index in [2.05, 4.69) is 5.32 Å². The third-order valence-corrected chi connectivity index (χ3v) is 4.29. The lowest BCUT2D eigenvalue weighted by Crippen LogP contribution is -2.21. The average molecular weight is 345 g/mol. The van der Waals surface area contributed by atoms with Gasteiger partial charge >= 0.3 is 5.97 Å². The fraction of sp³-hybridized carbons (Fsp3) is 0.278. The molecule has 1 aromatic carbocycles. The number of para-hydroxylation sites is 1. The van der Waals surface area contributed by atoms with Crippen molar-refractivity contribution in [2.75, 3.05) is 11.9 Å². The monoisotopic (exact) mass is 345 g/mol. The Morgan fingerprint density at radius 1 is 1.08 bits per heavy atom. The van der Waals surface area contributed by atoms with Crippen molar-refractivity contribution in [1.29, 1.82) is 0 Å². The molecule has 0 fully saturated rings. The number of hydrogen-bond acceptors (Lipinski definition) is 5. The minimum Gasteiger partial charge on any atom is -0.456 e. The molecular weight excluding hydrogens is 326 g/mol. The molecule has 0 aliphatic carbocycles. The molecule has 24 heavy (non-hydrogen) atoms. The van der Waals surface area contributed by atoms with Crippen LogP contribution in [-0.2, 0) is 14.3 Å². The fourth-order valence-electron chi connectivity index (χ4n) is 2.19. The van der Waals surface area contributed by atoms with E-state index in [0.29, 0.717) is 11.3 Å². The molecule has 1 N–H and O–H groups in total. The quantitative estimate of drug-likeness (QED) is 0.616. The van der Waals surface area contributed by atoms with E-state index >= 15 is 0 Å². The number of Topliss-reactive ketones (excluding diaryl/α,β-unsaturated/α-hetero) is 1. The van der Waals surface area contributed by atoms with Crippen LogP contribution in [0.3, 0.4) is 0 Å². The number of aryl methyl sites for hydroxylation is 2. The van der Waals surface area contributed by atoms with E-state index < -0.39 is 11.9 Å². The first-order valence-electron chi connectivity index (χ1n) is 7.56. The van der Waals surface area contributed by atoms with Crippen LogP contribution in [0.25, 0.3) is 0 Å². The molecule has 126 valence electrons. The van der Waals surface area contributed by atoms with Gasteiger partial charge in [-0.2, -0.15) is 0 Å². The van der Waals surface area contributed by atoms with Crippen LogP contribution >= 0.6 is 11.3 Å². The molecular formula is C18H19NO4S. The maximum Gasteiger partial charge on any atom is 0.306 e. The minimum atomic E-state index is -0.559. The average Bonchev–Trinajstić information content (AvgIpc) is 2.90. The van der Waals surface area contributed by atoms with Crippen LogP contribution in [0.1, 0.15) is 33.0 Å². The molecule has 0 atom stereocenters. The Hall–Kier alpha value is -2.47. The van der Waals surface area contributed by atoms with Crippen molar-refractivity contribution in [3.05, 3.63) is 51.7 Å². The number of ether oxygens (including phenoxy) is 1. The smallest absolute Gasteiger partial charge is 0.306 e. The summed E-state index contributed by atoms with van der Waals surface area (Å²) < 4.78 is 4.90. The fourth-order valence-corrected chi connectivity index (χ4v) is 3.14. The van der Waals surface area contributed by atoms with Crippen molar-refractivity contribution in [3.8, 4) is 0 Å². The van der Waals surface area contributed by atoms with Crippen LogP contribution in [-0.4, -0.2) is 24.3 Å². The first kappa shape index (κ1) is 17.9. The van der Waals surface area contributed by atoms with Gasteiger partial charge < -0.3 is 10.1 Å². The lowest BCUT2D eigenvalue weighted by Gasteiger charge is -2.06. The van der Waals surface area contributed by atoms with E-state index in [1.807, 2.05) is 26.0 Å². The maximum absolute atomic E-state index is 12.1. The van der Waals surface area contributed by atoms with Crippen LogP contribution in [0, 0.1) is 13.8 Å². The normalized spacial score (nSPS) is 10.2. The molecule has 1 aromatic heterocycles. The molecule has 0 bridgehead atoms. The van der Waals surface area contributed by atoms with Crippen molar-refractivity contribution >= 4 is 34.7 Å². The van der Waals surface area contributed by atoms with Gasteiger partial charge in [-0.15, -0.1) is 11.3 Å². The molecule has 1 amide bonds. The third-order valence-electron chi connectivity index (χ3n) is 3.32. The summed E-state index contributed by atoms with van der Waals surface area (Å²) in [5, 5.41) is 2.62. The largest absolute Gasteiger partial charge is 0.456 e. The highest BCUT2D eigenvalue weighted by Crippen LogP contribution is 2.22. The van der Waals surface area contributed by atoms with Gasteiger partial charge in [0.2, 0.25) is 0 Å². The number of ketones is 1. The van der Waals surface area contributed by atoms with Crippen LogP contribution in [0.2, 0.25) is 0 Å². The van der Waals surface area contributed by atoms with E-state index in [4.69, 9.17) is 4.74 Å². The van der Waals surface area contributed by atoms with Crippen molar-refractivity contribution in [3.63, 3.8) is 0 Å². The first-order valence-corrected chi connectivity index (χ1v) is 8.38. The summed E-state index contributed by atoms with van der Waals surface area (Å²) in [4.78, 5) is 37.4. The first-order chi connectivity index (χ1) is 11.5. The van der Waals surface area contributed by atoms with Gasteiger partial charge in [0.15, 0.2) is 12.4 Å². The second kappa shape index (κ2) is 8.40. The molecule has 0 aliphatic heterocycles. The van der Waals surface area contributed by atoms with E-state index in [1.165, 1.54) is 0 Å². The molecule has 0 aliphatic rings. The third kappa shape index (κ3) is 5.31. The zero-order chi connectivity index (χ0) is 17.5. The number of anilines is 1. The van der Waals surface area contributed by atoms with Gasteiger partial charge in [0, 0.05) is 27.4 Å². The van der Waals surface area contributed by atoms with Crippen LogP contribution in [0.4, 0.5) is 5.69 Å². The number of carbonyl (C=O) groups excluding carboxylic acids is 3. The van der Waals surface area contributed by atoms with E-state index in [-0.39, 0.29) is 25.2 Å². The number of thiophene rings is 1. The Kier molecular flexibility index (Phi) is 6.26. The molecule has 0 radical (unpaired) electrons. The van der Waals surface area contributed by atoms with E-state index in [1.54, 1.807) is 35.6 Å².